The maximum atomic E-state index is 9.89. The van der Waals surface area contributed by atoms with Gasteiger partial charge in [0.05, 0.1) is 32.5 Å². The molecule has 0 saturated heterocycles. The van der Waals surface area contributed by atoms with Crippen molar-refractivity contribution in [2.45, 2.75) is 32.5 Å². The van der Waals surface area contributed by atoms with Crippen LogP contribution in [-0.4, -0.2) is 48.3 Å². The zero-order valence-corrected chi connectivity index (χ0v) is 9.77. The van der Waals surface area contributed by atoms with E-state index in [2.05, 4.69) is 0 Å². The molecule has 0 heterocycles. The highest BCUT2D eigenvalue weighted by molar-refractivity contribution is 5.00. The number of aliphatic hydroxyl groups is 2. The predicted octanol–water partition coefficient (Wildman–Crippen LogP) is 0.728. The van der Waals surface area contributed by atoms with Crippen molar-refractivity contribution < 1.29 is 19.7 Å². The third-order valence-electron chi connectivity index (χ3n) is 2.16. The Morgan fingerprint density at radius 1 is 1.33 bits per heavy atom. The predicted molar refractivity (Wildman–Crippen MR) is 58.8 cm³/mol. The molecular formula is C11H22O4. The summed E-state index contributed by atoms with van der Waals surface area (Å²) in [5.41, 5.74) is -0.953. The highest BCUT2D eigenvalue weighted by atomic mass is 16.5. The van der Waals surface area contributed by atoms with Crippen LogP contribution in [0, 0.1) is 0 Å². The van der Waals surface area contributed by atoms with Crippen molar-refractivity contribution in [2.75, 3.05) is 26.4 Å². The molecule has 0 rings (SSSR count). The van der Waals surface area contributed by atoms with Crippen LogP contribution in [-0.2, 0) is 9.47 Å². The van der Waals surface area contributed by atoms with E-state index in [-0.39, 0.29) is 12.7 Å². The van der Waals surface area contributed by atoms with E-state index >= 15 is 0 Å². The Hall–Kier alpha value is -0.420. The maximum Gasteiger partial charge on any atom is 0.106 e. The van der Waals surface area contributed by atoms with Gasteiger partial charge in [-0.1, -0.05) is 12.2 Å². The van der Waals surface area contributed by atoms with E-state index in [4.69, 9.17) is 14.6 Å². The summed E-state index contributed by atoms with van der Waals surface area (Å²) in [5, 5.41) is 18.4. The number of rotatable bonds is 8. The molecule has 0 bridgehead atoms. The van der Waals surface area contributed by atoms with Crippen LogP contribution >= 0.6 is 0 Å². The van der Waals surface area contributed by atoms with Gasteiger partial charge in [0.15, 0.2) is 0 Å². The average molecular weight is 218 g/mol. The van der Waals surface area contributed by atoms with Crippen molar-refractivity contribution in [3.05, 3.63) is 12.2 Å². The first-order valence-corrected chi connectivity index (χ1v) is 5.21. The lowest BCUT2D eigenvalue weighted by atomic mass is 10.0. The summed E-state index contributed by atoms with van der Waals surface area (Å²) in [6.45, 7) is 6.55. The van der Waals surface area contributed by atoms with Gasteiger partial charge in [0.2, 0.25) is 0 Å². The van der Waals surface area contributed by atoms with Gasteiger partial charge in [-0.3, -0.25) is 0 Å². The number of allylic oxidation sites excluding steroid dienone is 1. The SMILES string of the molecule is C/C=C/C(C)(O)C(C)OCCOCCO. The molecule has 0 spiro atoms. The van der Waals surface area contributed by atoms with Gasteiger partial charge in [-0.05, 0) is 20.8 Å². The Labute approximate surface area is 91.5 Å². The highest BCUT2D eigenvalue weighted by Crippen LogP contribution is 2.14. The molecule has 0 aromatic heterocycles. The van der Waals surface area contributed by atoms with Crippen LogP contribution in [0.4, 0.5) is 0 Å². The van der Waals surface area contributed by atoms with Crippen LogP contribution in [0.3, 0.4) is 0 Å². The molecule has 0 aliphatic heterocycles. The van der Waals surface area contributed by atoms with Gasteiger partial charge in [0.25, 0.3) is 0 Å². The number of ether oxygens (including phenoxy) is 2. The Morgan fingerprint density at radius 3 is 2.53 bits per heavy atom. The number of hydrogen-bond acceptors (Lipinski definition) is 4. The lowest BCUT2D eigenvalue weighted by Crippen LogP contribution is -2.37. The molecule has 0 aliphatic rings. The second-order valence-electron chi connectivity index (χ2n) is 3.57. The van der Waals surface area contributed by atoms with Crippen molar-refractivity contribution in [3.8, 4) is 0 Å². The fourth-order valence-corrected chi connectivity index (χ4v) is 1.09. The molecule has 15 heavy (non-hydrogen) atoms. The summed E-state index contributed by atoms with van der Waals surface area (Å²) < 4.78 is 10.4. The summed E-state index contributed by atoms with van der Waals surface area (Å²) >= 11 is 0. The van der Waals surface area contributed by atoms with Gasteiger partial charge in [0.1, 0.15) is 5.60 Å². The molecule has 4 heteroatoms. The normalized spacial score (nSPS) is 17.9. The van der Waals surface area contributed by atoms with Crippen molar-refractivity contribution in [1.82, 2.24) is 0 Å². The average Bonchev–Trinajstić information content (AvgIpc) is 2.17. The van der Waals surface area contributed by atoms with E-state index in [9.17, 15) is 5.11 Å². The van der Waals surface area contributed by atoms with Gasteiger partial charge in [-0.2, -0.15) is 0 Å². The smallest absolute Gasteiger partial charge is 0.106 e. The summed E-state index contributed by atoms with van der Waals surface area (Å²) in [7, 11) is 0. The Bertz CT molecular complexity index is 177. The first-order chi connectivity index (χ1) is 7.04. The molecule has 0 aliphatic carbocycles. The Morgan fingerprint density at radius 2 is 2.00 bits per heavy atom. The van der Waals surface area contributed by atoms with E-state index in [1.54, 1.807) is 19.1 Å². The van der Waals surface area contributed by atoms with Crippen LogP contribution in [0.15, 0.2) is 12.2 Å². The molecule has 0 aromatic carbocycles. The first kappa shape index (κ1) is 14.6. The molecule has 0 fully saturated rings. The molecule has 0 amide bonds. The van der Waals surface area contributed by atoms with E-state index < -0.39 is 5.60 Å². The molecule has 2 unspecified atom stereocenters. The Kier molecular flexibility index (Phi) is 7.60. The second-order valence-corrected chi connectivity index (χ2v) is 3.57. The molecule has 2 N–H and O–H groups in total. The van der Waals surface area contributed by atoms with E-state index in [0.717, 1.165) is 0 Å². The molecule has 0 radical (unpaired) electrons. The minimum atomic E-state index is -0.953. The zero-order valence-electron chi connectivity index (χ0n) is 9.77. The van der Waals surface area contributed by atoms with Crippen molar-refractivity contribution in [3.63, 3.8) is 0 Å². The molecule has 90 valence electrons. The topological polar surface area (TPSA) is 58.9 Å². The third-order valence-corrected chi connectivity index (χ3v) is 2.16. The van der Waals surface area contributed by atoms with Crippen LogP contribution in [0.25, 0.3) is 0 Å². The van der Waals surface area contributed by atoms with Gasteiger partial charge in [-0.15, -0.1) is 0 Å². The molecule has 2 atom stereocenters. The third kappa shape index (κ3) is 6.62. The van der Waals surface area contributed by atoms with Crippen LogP contribution in [0.2, 0.25) is 0 Å². The van der Waals surface area contributed by atoms with Crippen molar-refractivity contribution in [2.24, 2.45) is 0 Å². The van der Waals surface area contributed by atoms with Gasteiger partial charge in [-0.25, -0.2) is 0 Å². The Balaban J connectivity index is 3.68. The van der Waals surface area contributed by atoms with Crippen LogP contribution in [0.5, 0.6) is 0 Å². The van der Waals surface area contributed by atoms with E-state index in [1.807, 2.05) is 13.8 Å². The number of aliphatic hydroxyl groups excluding tert-OH is 1. The van der Waals surface area contributed by atoms with Crippen LogP contribution < -0.4 is 0 Å². The monoisotopic (exact) mass is 218 g/mol. The minimum Gasteiger partial charge on any atom is -0.394 e. The maximum absolute atomic E-state index is 9.89. The minimum absolute atomic E-state index is 0.0197. The van der Waals surface area contributed by atoms with Crippen molar-refractivity contribution in [1.29, 1.82) is 0 Å². The second kappa shape index (κ2) is 7.82. The molecule has 4 nitrogen and oxygen atoms in total. The molecule has 0 aromatic rings. The van der Waals surface area contributed by atoms with Gasteiger partial charge in [0, 0.05) is 0 Å². The van der Waals surface area contributed by atoms with Gasteiger partial charge < -0.3 is 19.7 Å². The molecular weight excluding hydrogens is 196 g/mol. The lowest BCUT2D eigenvalue weighted by molar-refractivity contribution is -0.0766. The van der Waals surface area contributed by atoms with Gasteiger partial charge >= 0.3 is 0 Å². The summed E-state index contributed by atoms with van der Waals surface area (Å²) in [6.07, 6.45) is 3.21. The summed E-state index contributed by atoms with van der Waals surface area (Å²) in [5.74, 6) is 0. The van der Waals surface area contributed by atoms with Crippen molar-refractivity contribution >= 4 is 0 Å². The summed E-state index contributed by atoms with van der Waals surface area (Å²) in [4.78, 5) is 0. The quantitative estimate of drug-likeness (QED) is 0.466. The summed E-state index contributed by atoms with van der Waals surface area (Å²) in [6, 6.07) is 0. The van der Waals surface area contributed by atoms with E-state index in [0.29, 0.717) is 19.8 Å². The highest BCUT2D eigenvalue weighted by Gasteiger charge is 2.25. The fraction of sp³-hybridized carbons (Fsp3) is 0.818. The standard InChI is InChI=1S/C11H22O4/c1-4-5-11(3,13)10(2)15-9-8-14-7-6-12/h4-5,10,12-13H,6-9H2,1-3H3/b5-4+. The first-order valence-electron chi connectivity index (χ1n) is 5.21. The molecule has 0 saturated carbocycles. The number of hydrogen-bond donors (Lipinski definition) is 2. The van der Waals surface area contributed by atoms with Crippen LogP contribution in [0.1, 0.15) is 20.8 Å². The van der Waals surface area contributed by atoms with E-state index in [1.165, 1.54) is 0 Å². The lowest BCUT2D eigenvalue weighted by Gasteiger charge is -2.27. The largest absolute Gasteiger partial charge is 0.394 e. The fourth-order valence-electron chi connectivity index (χ4n) is 1.09. The zero-order chi connectivity index (χ0) is 11.7.